The zero-order valence-corrected chi connectivity index (χ0v) is 13.5. The summed E-state index contributed by atoms with van der Waals surface area (Å²) in [5.41, 5.74) is 0.643. The first kappa shape index (κ1) is 15.3. The summed E-state index contributed by atoms with van der Waals surface area (Å²) in [6.45, 7) is 2.74. The van der Waals surface area contributed by atoms with Crippen LogP contribution in [0.1, 0.15) is 42.6 Å². The van der Waals surface area contributed by atoms with Gasteiger partial charge < -0.3 is 14.4 Å². The second-order valence-corrected chi connectivity index (χ2v) is 6.70. The Bertz CT molecular complexity index is 615. The van der Waals surface area contributed by atoms with Gasteiger partial charge in [-0.2, -0.15) is 0 Å². The van der Waals surface area contributed by atoms with Gasteiger partial charge in [0.25, 0.3) is 11.5 Å². The highest BCUT2D eigenvalue weighted by molar-refractivity contribution is 5.92. The van der Waals surface area contributed by atoms with Crippen molar-refractivity contribution < 1.29 is 4.79 Å². The lowest BCUT2D eigenvalue weighted by molar-refractivity contribution is 0.0108. The van der Waals surface area contributed by atoms with Gasteiger partial charge in [-0.15, -0.1) is 0 Å². The van der Waals surface area contributed by atoms with Crippen molar-refractivity contribution in [2.45, 2.75) is 37.6 Å². The minimum Gasteiger partial charge on any atom is -0.337 e. The Morgan fingerprint density at radius 2 is 1.77 bits per heavy atom. The maximum atomic E-state index is 12.7. The van der Waals surface area contributed by atoms with E-state index in [0.29, 0.717) is 5.69 Å². The number of aromatic nitrogens is 1. The van der Waals surface area contributed by atoms with E-state index in [1.807, 2.05) is 4.90 Å². The molecule has 5 nitrogen and oxygen atoms in total. The van der Waals surface area contributed by atoms with Gasteiger partial charge in [0.1, 0.15) is 5.69 Å². The molecule has 1 spiro atoms. The number of piperidine rings is 2. The number of amides is 1. The fourth-order valence-electron chi connectivity index (χ4n) is 3.93. The highest BCUT2D eigenvalue weighted by Gasteiger charge is 2.40. The van der Waals surface area contributed by atoms with Crippen LogP contribution in [0.5, 0.6) is 0 Å². The molecule has 2 aliphatic heterocycles. The van der Waals surface area contributed by atoms with Crippen LogP contribution in [-0.2, 0) is 7.05 Å². The van der Waals surface area contributed by atoms with E-state index in [4.69, 9.17) is 0 Å². The number of rotatable bonds is 1. The van der Waals surface area contributed by atoms with Gasteiger partial charge in [-0.25, -0.2) is 0 Å². The van der Waals surface area contributed by atoms with Gasteiger partial charge in [0.15, 0.2) is 0 Å². The van der Waals surface area contributed by atoms with Crippen molar-refractivity contribution in [2.24, 2.45) is 7.05 Å². The van der Waals surface area contributed by atoms with Crippen LogP contribution in [-0.4, -0.2) is 52.5 Å². The third-order valence-electron chi connectivity index (χ3n) is 5.58. The molecule has 0 bridgehead atoms. The monoisotopic (exact) mass is 303 g/mol. The van der Waals surface area contributed by atoms with Crippen LogP contribution in [0, 0.1) is 0 Å². The van der Waals surface area contributed by atoms with Crippen molar-refractivity contribution in [1.82, 2.24) is 14.4 Å². The molecule has 0 atom stereocenters. The lowest BCUT2D eigenvalue weighted by atomic mass is 9.79. The van der Waals surface area contributed by atoms with Crippen molar-refractivity contribution in [3.8, 4) is 0 Å². The molecule has 1 amide bonds. The van der Waals surface area contributed by atoms with E-state index in [-0.39, 0.29) is 17.0 Å². The summed E-state index contributed by atoms with van der Waals surface area (Å²) in [5, 5.41) is 0. The second-order valence-electron chi connectivity index (χ2n) is 6.70. The molecule has 2 aliphatic rings. The summed E-state index contributed by atoms with van der Waals surface area (Å²) < 4.78 is 1.44. The summed E-state index contributed by atoms with van der Waals surface area (Å²) in [5.74, 6) is -0.0199. The van der Waals surface area contributed by atoms with Gasteiger partial charge in [0, 0.05) is 31.7 Å². The smallest absolute Gasteiger partial charge is 0.270 e. The van der Waals surface area contributed by atoms with E-state index in [2.05, 4.69) is 11.9 Å². The molecule has 3 rings (SSSR count). The fourth-order valence-corrected chi connectivity index (χ4v) is 3.93. The number of hydrogen-bond donors (Lipinski definition) is 0. The van der Waals surface area contributed by atoms with Gasteiger partial charge >= 0.3 is 0 Å². The fraction of sp³-hybridized carbons (Fsp3) is 0.647. The Morgan fingerprint density at radius 3 is 2.45 bits per heavy atom. The highest BCUT2D eigenvalue weighted by Crippen LogP contribution is 2.36. The maximum absolute atomic E-state index is 12.7. The van der Waals surface area contributed by atoms with E-state index in [0.717, 1.165) is 25.9 Å². The molecular weight excluding hydrogens is 278 g/mol. The molecule has 0 saturated carbocycles. The average Bonchev–Trinajstić information content (AvgIpc) is 2.53. The molecule has 120 valence electrons. The Balaban J connectivity index is 1.72. The van der Waals surface area contributed by atoms with Crippen molar-refractivity contribution in [3.63, 3.8) is 0 Å². The summed E-state index contributed by atoms with van der Waals surface area (Å²) in [6, 6.07) is 4.88. The Hall–Kier alpha value is -1.62. The van der Waals surface area contributed by atoms with E-state index in [9.17, 15) is 9.59 Å². The Labute approximate surface area is 131 Å². The molecule has 2 fully saturated rings. The third-order valence-corrected chi connectivity index (χ3v) is 5.58. The predicted molar refractivity (Wildman–Crippen MR) is 86.0 cm³/mol. The van der Waals surface area contributed by atoms with Crippen LogP contribution in [0.25, 0.3) is 0 Å². The summed E-state index contributed by atoms with van der Waals surface area (Å²) >= 11 is 0. The minimum atomic E-state index is -0.133. The number of carbonyl (C=O) groups excluding carboxylic acids is 1. The molecule has 0 N–H and O–H groups in total. The van der Waals surface area contributed by atoms with Crippen molar-refractivity contribution in [3.05, 3.63) is 34.2 Å². The zero-order valence-electron chi connectivity index (χ0n) is 13.5. The van der Waals surface area contributed by atoms with Crippen LogP contribution >= 0.6 is 0 Å². The van der Waals surface area contributed by atoms with Crippen LogP contribution < -0.4 is 5.56 Å². The highest BCUT2D eigenvalue weighted by atomic mass is 16.2. The van der Waals surface area contributed by atoms with Gasteiger partial charge in [0.2, 0.25) is 0 Å². The van der Waals surface area contributed by atoms with Gasteiger partial charge in [-0.1, -0.05) is 12.5 Å². The molecule has 1 aromatic rings. The molecule has 2 saturated heterocycles. The van der Waals surface area contributed by atoms with Crippen LogP contribution in [0.15, 0.2) is 23.0 Å². The molecular formula is C17H25N3O2. The number of likely N-dealkylation sites (tertiary alicyclic amines) is 2. The lowest BCUT2D eigenvalue weighted by Gasteiger charge is -2.50. The van der Waals surface area contributed by atoms with Gasteiger partial charge in [-0.05, 0) is 45.3 Å². The lowest BCUT2D eigenvalue weighted by Crippen LogP contribution is -2.57. The molecule has 0 aromatic carbocycles. The van der Waals surface area contributed by atoms with Gasteiger partial charge in [0.05, 0.1) is 0 Å². The van der Waals surface area contributed by atoms with Crippen LogP contribution in [0.4, 0.5) is 0 Å². The van der Waals surface area contributed by atoms with Crippen molar-refractivity contribution in [1.29, 1.82) is 0 Å². The SMILES string of the molecule is CN1CCCCC12CCN(C(=O)c1cccc(=O)n1C)CC2. The third kappa shape index (κ3) is 2.58. The van der Waals surface area contributed by atoms with Crippen molar-refractivity contribution in [2.75, 3.05) is 26.7 Å². The molecule has 0 radical (unpaired) electrons. The van der Waals surface area contributed by atoms with E-state index >= 15 is 0 Å². The molecule has 22 heavy (non-hydrogen) atoms. The topological polar surface area (TPSA) is 45.6 Å². The summed E-state index contributed by atoms with van der Waals surface area (Å²) in [4.78, 5) is 28.8. The van der Waals surface area contributed by atoms with Crippen LogP contribution in [0.2, 0.25) is 0 Å². The number of pyridine rings is 1. The molecule has 3 heterocycles. The normalized spacial score (nSPS) is 22.0. The first-order valence-electron chi connectivity index (χ1n) is 8.20. The Kier molecular flexibility index (Phi) is 4.08. The largest absolute Gasteiger partial charge is 0.337 e. The number of carbonyl (C=O) groups is 1. The van der Waals surface area contributed by atoms with Gasteiger partial charge in [-0.3, -0.25) is 9.59 Å². The summed E-state index contributed by atoms with van der Waals surface area (Å²) in [6.07, 6.45) is 5.90. The Morgan fingerprint density at radius 1 is 1.05 bits per heavy atom. The first-order valence-corrected chi connectivity index (χ1v) is 8.20. The standard InChI is InChI=1S/C17H25N3O2/c1-18-11-4-3-8-17(18)9-12-20(13-10-17)16(22)14-6-5-7-15(21)19(14)2/h5-7H,3-4,8-13H2,1-2H3. The average molecular weight is 303 g/mol. The zero-order chi connectivity index (χ0) is 15.7. The van der Waals surface area contributed by atoms with Crippen LogP contribution in [0.3, 0.4) is 0 Å². The molecule has 0 aliphatic carbocycles. The van der Waals surface area contributed by atoms with E-state index < -0.39 is 0 Å². The summed E-state index contributed by atoms with van der Waals surface area (Å²) in [7, 11) is 3.88. The first-order chi connectivity index (χ1) is 10.5. The van der Waals surface area contributed by atoms with E-state index in [1.165, 1.54) is 36.4 Å². The van der Waals surface area contributed by atoms with E-state index in [1.54, 1.807) is 19.2 Å². The second kappa shape index (κ2) is 5.88. The molecule has 5 heteroatoms. The quantitative estimate of drug-likeness (QED) is 0.789. The number of nitrogens with zero attached hydrogens (tertiary/aromatic N) is 3. The van der Waals surface area contributed by atoms with Crippen molar-refractivity contribution >= 4 is 5.91 Å². The molecule has 0 unspecified atom stereocenters. The predicted octanol–water partition coefficient (Wildman–Crippen LogP) is 1.48. The maximum Gasteiger partial charge on any atom is 0.270 e. The number of hydrogen-bond acceptors (Lipinski definition) is 3. The molecule has 1 aromatic heterocycles. The minimum absolute atomic E-state index is 0.0199.